The Morgan fingerprint density at radius 3 is 2.44 bits per heavy atom. The number of hydrogen-bond acceptors (Lipinski definition) is 3. The van der Waals surface area contributed by atoms with Gasteiger partial charge in [-0.05, 0) is 18.9 Å². The molecule has 0 radical (unpaired) electrons. The van der Waals surface area contributed by atoms with Gasteiger partial charge < -0.3 is 9.84 Å². The van der Waals surface area contributed by atoms with E-state index < -0.39 is 0 Å². The summed E-state index contributed by atoms with van der Waals surface area (Å²) in [6.07, 6.45) is 0. The predicted molar refractivity (Wildman–Crippen MR) is 74.8 cm³/mol. The lowest BCUT2D eigenvalue weighted by Crippen LogP contribution is -2.33. The van der Waals surface area contributed by atoms with E-state index in [1.165, 1.54) is 0 Å². The molecule has 1 unspecified atom stereocenters. The van der Waals surface area contributed by atoms with Crippen LogP contribution in [0.1, 0.15) is 32.4 Å². The van der Waals surface area contributed by atoms with E-state index in [0.717, 1.165) is 18.7 Å². The van der Waals surface area contributed by atoms with E-state index in [9.17, 15) is 5.11 Å². The highest BCUT2D eigenvalue weighted by Crippen LogP contribution is 2.28. The fourth-order valence-electron chi connectivity index (χ4n) is 2.16. The molecule has 0 saturated heterocycles. The van der Waals surface area contributed by atoms with Crippen LogP contribution in [0.4, 0.5) is 0 Å². The van der Waals surface area contributed by atoms with Crippen molar-refractivity contribution in [3.63, 3.8) is 0 Å². The van der Waals surface area contributed by atoms with Gasteiger partial charge in [0.15, 0.2) is 0 Å². The van der Waals surface area contributed by atoms with Crippen molar-refractivity contribution in [1.82, 2.24) is 4.90 Å². The summed E-state index contributed by atoms with van der Waals surface area (Å²) in [4.78, 5) is 2.35. The van der Waals surface area contributed by atoms with Crippen LogP contribution >= 0.6 is 0 Å². The van der Waals surface area contributed by atoms with Crippen LogP contribution in [0.3, 0.4) is 0 Å². The first-order chi connectivity index (χ1) is 8.56. The van der Waals surface area contributed by atoms with Crippen LogP contribution in [-0.2, 0) is 4.74 Å². The SMILES string of the molecule is COCCN(CC(C)C)C(C)c1ccccc1O. The molecule has 1 aromatic rings. The highest BCUT2D eigenvalue weighted by molar-refractivity contribution is 5.34. The maximum Gasteiger partial charge on any atom is 0.120 e. The zero-order valence-electron chi connectivity index (χ0n) is 11.9. The van der Waals surface area contributed by atoms with Gasteiger partial charge in [0, 0.05) is 31.8 Å². The second-order valence-corrected chi connectivity index (χ2v) is 5.12. The van der Waals surface area contributed by atoms with Crippen molar-refractivity contribution in [2.75, 3.05) is 26.8 Å². The minimum atomic E-state index is 0.198. The summed E-state index contributed by atoms with van der Waals surface area (Å²) in [6, 6.07) is 7.75. The average Bonchev–Trinajstić information content (AvgIpc) is 2.34. The second kappa shape index (κ2) is 7.39. The minimum Gasteiger partial charge on any atom is -0.508 e. The third-order valence-corrected chi connectivity index (χ3v) is 3.12. The van der Waals surface area contributed by atoms with Crippen molar-refractivity contribution < 1.29 is 9.84 Å². The van der Waals surface area contributed by atoms with Gasteiger partial charge in [0.25, 0.3) is 0 Å². The molecule has 3 nitrogen and oxygen atoms in total. The summed E-state index contributed by atoms with van der Waals surface area (Å²) in [5, 5.41) is 9.93. The summed E-state index contributed by atoms with van der Waals surface area (Å²) < 4.78 is 5.17. The van der Waals surface area contributed by atoms with E-state index >= 15 is 0 Å². The quantitative estimate of drug-likeness (QED) is 0.808. The molecule has 0 saturated carbocycles. The van der Waals surface area contributed by atoms with Gasteiger partial charge in [0.2, 0.25) is 0 Å². The number of phenolic OH excluding ortho intramolecular Hbond substituents is 1. The molecule has 0 fully saturated rings. The summed E-state index contributed by atoms with van der Waals surface area (Å²) in [5.41, 5.74) is 0.981. The summed E-state index contributed by atoms with van der Waals surface area (Å²) in [6.45, 7) is 9.13. The molecule has 0 aliphatic carbocycles. The molecule has 0 heterocycles. The third kappa shape index (κ3) is 4.31. The van der Waals surface area contributed by atoms with Gasteiger partial charge in [-0.25, -0.2) is 0 Å². The third-order valence-electron chi connectivity index (χ3n) is 3.12. The van der Waals surface area contributed by atoms with Crippen molar-refractivity contribution in [2.24, 2.45) is 5.92 Å². The second-order valence-electron chi connectivity index (χ2n) is 5.12. The number of phenols is 1. The van der Waals surface area contributed by atoms with E-state index in [1.807, 2.05) is 18.2 Å². The van der Waals surface area contributed by atoms with E-state index in [2.05, 4.69) is 25.7 Å². The van der Waals surface area contributed by atoms with Crippen molar-refractivity contribution in [3.8, 4) is 5.75 Å². The molecular formula is C15H25NO2. The van der Waals surface area contributed by atoms with Gasteiger partial charge >= 0.3 is 0 Å². The van der Waals surface area contributed by atoms with Crippen LogP contribution in [-0.4, -0.2) is 36.8 Å². The first kappa shape index (κ1) is 15.0. The Morgan fingerprint density at radius 2 is 1.89 bits per heavy atom. The molecule has 1 atom stereocenters. The molecule has 0 aromatic heterocycles. The molecule has 1 aromatic carbocycles. The largest absolute Gasteiger partial charge is 0.508 e. The number of benzene rings is 1. The fourth-order valence-corrected chi connectivity index (χ4v) is 2.16. The molecule has 0 bridgehead atoms. The Kier molecular flexibility index (Phi) is 6.16. The topological polar surface area (TPSA) is 32.7 Å². The standard InChI is InChI=1S/C15H25NO2/c1-12(2)11-16(9-10-18-4)13(3)14-7-5-6-8-15(14)17/h5-8,12-13,17H,9-11H2,1-4H3. The van der Waals surface area contributed by atoms with Crippen LogP contribution < -0.4 is 0 Å². The summed E-state index contributed by atoms with van der Waals surface area (Å²) in [7, 11) is 1.72. The lowest BCUT2D eigenvalue weighted by molar-refractivity contribution is 0.114. The number of rotatable bonds is 7. The van der Waals surface area contributed by atoms with Crippen LogP contribution in [0.25, 0.3) is 0 Å². The van der Waals surface area contributed by atoms with E-state index in [1.54, 1.807) is 13.2 Å². The van der Waals surface area contributed by atoms with Crippen molar-refractivity contribution in [2.45, 2.75) is 26.8 Å². The lowest BCUT2D eigenvalue weighted by atomic mass is 10.0. The van der Waals surface area contributed by atoms with Crippen molar-refractivity contribution in [3.05, 3.63) is 29.8 Å². The Bertz CT molecular complexity index is 352. The molecule has 0 spiro atoms. The monoisotopic (exact) mass is 251 g/mol. The van der Waals surface area contributed by atoms with Gasteiger partial charge in [-0.2, -0.15) is 0 Å². The Balaban J connectivity index is 2.80. The zero-order chi connectivity index (χ0) is 13.5. The zero-order valence-corrected chi connectivity index (χ0v) is 11.9. The molecule has 1 N–H and O–H groups in total. The molecular weight excluding hydrogens is 226 g/mol. The number of hydrogen-bond donors (Lipinski definition) is 1. The first-order valence-electron chi connectivity index (χ1n) is 6.57. The van der Waals surface area contributed by atoms with E-state index in [0.29, 0.717) is 18.3 Å². The van der Waals surface area contributed by atoms with Gasteiger partial charge in [0.1, 0.15) is 5.75 Å². The number of ether oxygens (including phenoxy) is 1. The molecule has 0 amide bonds. The molecule has 3 heteroatoms. The number of methoxy groups -OCH3 is 1. The van der Waals surface area contributed by atoms with E-state index in [-0.39, 0.29) is 6.04 Å². The summed E-state index contributed by atoms with van der Waals surface area (Å²) >= 11 is 0. The smallest absolute Gasteiger partial charge is 0.120 e. The van der Waals surface area contributed by atoms with Gasteiger partial charge in [-0.15, -0.1) is 0 Å². The molecule has 18 heavy (non-hydrogen) atoms. The number of para-hydroxylation sites is 1. The highest BCUT2D eigenvalue weighted by Gasteiger charge is 2.18. The van der Waals surface area contributed by atoms with Crippen molar-refractivity contribution in [1.29, 1.82) is 0 Å². The maximum absolute atomic E-state index is 9.93. The fraction of sp³-hybridized carbons (Fsp3) is 0.600. The molecule has 102 valence electrons. The number of nitrogens with zero attached hydrogens (tertiary/aromatic N) is 1. The van der Waals surface area contributed by atoms with Crippen molar-refractivity contribution >= 4 is 0 Å². The normalized spacial score (nSPS) is 13.2. The minimum absolute atomic E-state index is 0.198. The molecule has 0 aliphatic rings. The predicted octanol–water partition coefficient (Wildman–Crippen LogP) is 3.06. The van der Waals surface area contributed by atoms with Gasteiger partial charge in [0.05, 0.1) is 6.61 Å². The highest BCUT2D eigenvalue weighted by atomic mass is 16.5. The van der Waals surface area contributed by atoms with Crippen LogP contribution in [0.2, 0.25) is 0 Å². The van der Waals surface area contributed by atoms with Gasteiger partial charge in [-0.1, -0.05) is 32.0 Å². The van der Waals surface area contributed by atoms with Crippen LogP contribution in [0.5, 0.6) is 5.75 Å². The number of aromatic hydroxyl groups is 1. The Labute approximate surface area is 110 Å². The van der Waals surface area contributed by atoms with Crippen LogP contribution in [0, 0.1) is 5.92 Å². The maximum atomic E-state index is 9.93. The Morgan fingerprint density at radius 1 is 1.22 bits per heavy atom. The lowest BCUT2D eigenvalue weighted by Gasteiger charge is -2.31. The molecule has 1 rings (SSSR count). The van der Waals surface area contributed by atoms with Crippen LogP contribution in [0.15, 0.2) is 24.3 Å². The first-order valence-corrected chi connectivity index (χ1v) is 6.57. The Hall–Kier alpha value is -1.06. The molecule has 0 aliphatic heterocycles. The summed E-state index contributed by atoms with van der Waals surface area (Å²) in [5.74, 6) is 0.964. The van der Waals surface area contributed by atoms with Gasteiger partial charge in [-0.3, -0.25) is 4.90 Å². The van der Waals surface area contributed by atoms with E-state index in [4.69, 9.17) is 4.74 Å². The average molecular weight is 251 g/mol.